The van der Waals surface area contributed by atoms with Crippen LogP contribution in [0, 0.1) is 0 Å². The van der Waals surface area contributed by atoms with Gasteiger partial charge in [0, 0.05) is 38.6 Å². The van der Waals surface area contributed by atoms with E-state index in [4.69, 9.17) is 4.42 Å². The highest BCUT2D eigenvalue weighted by molar-refractivity contribution is 6.25. The summed E-state index contributed by atoms with van der Waals surface area (Å²) in [7, 11) is 0. The summed E-state index contributed by atoms with van der Waals surface area (Å²) in [6, 6.07) is 57.5. The van der Waals surface area contributed by atoms with E-state index in [1.165, 1.54) is 73.4 Å². The highest BCUT2D eigenvalue weighted by atomic mass is 16.3. The molecule has 3 nitrogen and oxygen atoms in total. The largest absolute Gasteiger partial charge is 0.455 e. The van der Waals surface area contributed by atoms with Crippen molar-refractivity contribution in [2.45, 2.75) is 31.1 Å². The maximum absolute atomic E-state index is 6.69. The molecule has 1 aliphatic carbocycles. The average molecular weight is 643 g/mol. The molecule has 1 aliphatic heterocycles. The summed E-state index contributed by atoms with van der Waals surface area (Å²) >= 11 is 0. The zero-order valence-electron chi connectivity index (χ0n) is 27.6. The van der Waals surface area contributed by atoms with Crippen molar-refractivity contribution in [3.63, 3.8) is 0 Å². The van der Waals surface area contributed by atoms with Crippen molar-refractivity contribution in [1.29, 1.82) is 0 Å². The van der Waals surface area contributed by atoms with Gasteiger partial charge in [-0.15, -0.1) is 0 Å². The lowest BCUT2D eigenvalue weighted by molar-refractivity contribution is 0.530. The minimum absolute atomic E-state index is 0.0438. The first-order valence-electron chi connectivity index (χ1n) is 17.8. The first kappa shape index (κ1) is 27.8. The second kappa shape index (κ2) is 10.5. The van der Waals surface area contributed by atoms with Gasteiger partial charge in [0.15, 0.2) is 0 Å². The number of hydrogen-bond donors (Lipinski definition) is 0. The fourth-order valence-electron chi connectivity index (χ4n) is 9.31. The van der Waals surface area contributed by atoms with Crippen molar-refractivity contribution in [2.75, 3.05) is 4.90 Å². The summed E-state index contributed by atoms with van der Waals surface area (Å²) in [5.41, 5.74) is 14.6. The fraction of sp³-hybridized carbons (Fsp3) is 0.106. The van der Waals surface area contributed by atoms with E-state index < -0.39 is 0 Å². The van der Waals surface area contributed by atoms with Gasteiger partial charge < -0.3 is 13.9 Å². The third kappa shape index (κ3) is 3.80. The summed E-state index contributed by atoms with van der Waals surface area (Å²) in [5.74, 6) is 0. The van der Waals surface area contributed by atoms with Crippen LogP contribution in [0.2, 0.25) is 0 Å². The molecule has 11 rings (SSSR count). The molecular weight excluding hydrogens is 609 g/mol. The van der Waals surface area contributed by atoms with Gasteiger partial charge >= 0.3 is 0 Å². The number of para-hydroxylation sites is 4. The molecule has 238 valence electrons. The SMILES string of the molecule is c1ccc(N(c2ccccc2)c2ccc(-c3ccc4c(c3)C3(CCCC3)c3cc5c6ccccc6oc5c5c6ccccc6n-4c35)cc2)cc1. The molecule has 0 amide bonds. The molecule has 1 saturated carbocycles. The van der Waals surface area contributed by atoms with Gasteiger partial charge in [-0.2, -0.15) is 0 Å². The number of rotatable bonds is 4. The molecule has 3 heterocycles. The maximum atomic E-state index is 6.69. The van der Waals surface area contributed by atoms with E-state index in [9.17, 15) is 0 Å². The van der Waals surface area contributed by atoms with Gasteiger partial charge in [0.2, 0.25) is 0 Å². The number of nitrogens with zero attached hydrogens (tertiary/aromatic N) is 2. The highest BCUT2D eigenvalue weighted by Crippen LogP contribution is 2.57. The molecule has 1 fully saturated rings. The third-order valence-corrected chi connectivity index (χ3v) is 11.5. The number of hydrogen-bond acceptors (Lipinski definition) is 2. The Morgan fingerprint density at radius 3 is 1.88 bits per heavy atom. The molecule has 7 aromatic carbocycles. The second-order valence-electron chi connectivity index (χ2n) is 14.0. The molecule has 3 heteroatoms. The van der Waals surface area contributed by atoms with E-state index in [0.717, 1.165) is 41.1 Å². The van der Waals surface area contributed by atoms with Crippen molar-refractivity contribution in [2.24, 2.45) is 0 Å². The lowest BCUT2D eigenvalue weighted by atomic mass is 9.69. The second-order valence-corrected chi connectivity index (χ2v) is 14.0. The molecule has 2 aromatic heterocycles. The Balaban J connectivity index is 1.12. The number of benzene rings is 7. The lowest BCUT2D eigenvalue weighted by Gasteiger charge is -2.38. The van der Waals surface area contributed by atoms with Crippen LogP contribution in [0.3, 0.4) is 0 Å². The standard InChI is InChI=1S/C47H34N2O/c1-3-13-33(14-4-1)48(34-15-5-2-6-16-34)35-24-21-31(22-25-35)32-23-26-42-39(29-32)47(27-11-12-28-47)40-30-38-36-17-8-10-20-43(36)50-46(38)44-37-18-7-9-19-41(37)49(42)45(40)44/h1-10,13-26,29-30H,11-12,27-28H2. The van der Waals surface area contributed by atoms with Crippen molar-refractivity contribution in [3.05, 3.63) is 169 Å². The Kier molecular flexibility index (Phi) is 5.83. The van der Waals surface area contributed by atoms with Crippen LogP contribution in [0.4, 0.5) is 17.1 Å². The summed E-state index contributed by atoms with van der Waals surface area (Å²) in [4.78, 5) is 2.32. The van der Waals surface area contributed by atoms with Crippen LogP contribution in [0.25, 0.3) is 60.6 Å². The molecule has 9 aromatic rings. The zero-order valence-corrected chi connectivity index (χ0v) is 27.6. The summed E-state index contributed by atoms with van der Waals surface area (Å²) < 4.78 is 9.23. The third-order valence-electron chi connectivity index (χ3n) is 11.5. The van der Waals surface area contributed by atoms with Crippen molar-refractivity contribution in [3.8, 4) is 16.8 Å². The molecule has 0 radical (unpaired) electrons. The highest BCUT2D eigenvalue weighted by Gasteiger charge is 2.45. The molecule has 1 spiro atoms. The van der Waals surface area contributed by atoms with Gasteiger partial charge in [0.1, 0.15) is 11.2 Å². The Morgan fingerprint density at radius 2 is 1.14 bits per heavy atom. The van der Waals surface area contributed by atoms with Crippen LogP contribution in [0.1, 0.15) is 36.8 Å². The zero-order chi connectivity index (χ0) is 32.8. The average Bonchev–Trinajstić information content (AvgIpc) is 3.90. The van der Waals surface area contributed by atoms with E-state index in [2.05, 4.69) is 167 Å². The minimum atomic E-state index is -0.0438. The minimum Gasteiger partial charge on any atom is -0.455 e. The quantitative estimate of drug-likeness (QED) is 0.190. The Bertz CT molecular complexity index is 2710. The van der Waals surface area contributed by atoms with E-state index in [0.29, 0.717) is 0 Å². The predicted molar refractivity (Wildman–Crippen MR) is 207 cm³/mol. The van der Waals surface area contributed by atoms with Gasteiger partial charge in [0.05, 0.1) is 22.1 Å². The van der Waals surface area contributed by atoms with Crippen LogP contribution in [-0.4, -0.2) is 4.57 Å². The van der Waals surface area contributed by atoms with Gasteiger partial charge in [-0.3, -0.25) is 0 Å². The summed E-state index contributed by atoms with van der Waals surface area (Å²) in [5, 5.41) is 4.94. The van der Waals surface area contributed by atoms with Gasteiger partial charge in [-0.1, -0.05) is 104 Å². The molecule has 0 saturated heterocycles. The van der Waals surface area contributed by atoms with E-state index in [1.54, 1.807) is 0 Å². The molecule has 0 bridgehead atoms. The van der Waals surface area contributed by atoms with Crippen LogP contribution >= 0.6 is 0 Å². The van der Waals surface area contributed by atoms with Crippen molar-refractivity contribution >= 4 is 60.8 Å². The molecule has 0 N–H and O–H groups in total. The topological polar surface area (TPSA) is 21.3 Å². The molecular formula is C47H34N2O. The van der Waals surface area contributed by atoms with Gasteiger partial charge in [0.25, 0.3) is 0 Å². The monoisotopic (exact) mass is 642 g/mol. The Morgan fingerprint density at radius 1 is 0.520 bits per heavy atom. The van der Waals surface area contributed by atoms with Crippen LogP contribution in [-0.2, 0) is 5.41 Å². The molecule has 0 unspecified atom stereocenters. The van der Waals surface area contributed by atoms with Gasteiger partial charge in [-0.05, 0) is 102 Å². The van der Waals surface area contributed by atoms with E-state index >= 15 is 0 Å². The van der Waals surface area contributed by atoms with Crippen molar-refractivity contribution < 1.29 is 4.42 Å². The van der Waals surface area contributed by atoms with E-state index in [-0.39, 0.29) is 5.41 Å². The van der Waals surface area contributed by atoms with Gasteiger partial charge in [-0.25, -0.2) is 0 Å². The number of furan rings is 1. The smallest absolute Gasteiger partial charge is 0.145 e. The Labute approximate surface area is 290 Å². The molecule has 0 atom stereocenters. The van der Waals surface area contributed by atoms with Crippen LogP contribution in [0.15, 0.2) is 162 Å². The number of aromatic nitrogens is 1. The molecule has 50 heavy (non-hydrogen) atoms. The number of fused-ring (bicyclic) bond motifs is 11. The van der Waals surface area contributed by atoms with E-state index in [1.807, 2.05) is 0 Å². The molecule has 2 aliphatic rings. The fourth-order valence-corrected chi connectivity index (χ4v) is 9.31. The van der Waals surface area contributed by atoms with Crippen LogP contribution in [0.5, 0.6) is 0 Å². The maximum Gasteiger partial charge on any atom is 0.145 e. The van der Waals surface area contributed by atoms with Crippen molar-refractivity contribution in [1.82, 2.24) is 4.57 Å². The predicted octanol–water partition coefficient (Wildman–Crippen LogP) is 13.0. The summed E-state index contributed by atoms with van der Waals surface area (Å²) in [6.07, 6.45) is 4.78. The lowest BCUT2D eigenvalue weighted by Crippen LogP contribution is -2.30. The first-order valence-corrected chi connectivity index (χ1v) is 17.8. The summed E-state index contributed by atoms with van der Waals surface area (Å²) in [6.45, 7) is 0. The van der Waals surface area contributed by atoms with Crippen LogP contribution < -0.4 is 4.90 Å². The Hall–Kier alpha value is -6.06. The number of anilines is 3. The first-order chi connectivity index (χ1) is 24.8. The normalized spacial score (nSPS) is 14.6.